The second-order valence-electron chi connectivity index (χ2n) is 8.57. The van der Waals surface area contributed by atoms with Crippen LogP contribution in [0.2, 0.25) is 0 Å². The van der Waals surface area contributed by atoms with Crippen molar-refractivity contribution in [3.63, 3.8) is 0 Å². The van der Waals surface area contributed by atoms with Gasteiger partial charge in [-0.3, -0.25) is 4.79 Å². The van der Waals surface area contributed by atoms with Crippen molar-refractivity contribution in [3.05, 3.63) is 114 Å². The zero-order chi connectivity index (χ0) is 26.0. The zero-order valence-corrected chi connectivity index (χ0v) is 21.2. The maximum atomic E-state index is 12.4. The summed E-state index contributed by atoms with van der Waals surface area (Å²) < 4.78 is 17.2. The van der Waals surface area contributed by atoms with E-state index in [1.807, 2.05) is 78.9 Å². The third kappa shape index (κ3) is 7.21. The van der Waals surface area contributed by atoms with Crippen LogP contribution in [-0.2, 0) is 11.4 Å². The Hall–Kier alpha value is -4.58. The molecule has 6 heteroatoms. The lowest BCUT2D eigenvalue weighted by molar-refractivity contribution is -0.127. The van der Waals surface area contributed by atoms with Crippen molar-refractivity contribution in [2.24, 2.45) is 5.10 Å². The minimum atomic E-state index is -0.716. The molecule has 0 saturated carbocycles. The monoisotopic (exact) mass is 494 g/mol. The first-order valence-corrected chi connectivity index (χ1v) is 12.0. The molecule has 1 unspecified atom stereocenters. The van der Waals surface area contributed by atoms with Crippen LogP contribution in [-0.4, -0.2) is 25.3 Å². The van der Waals surface area contributed by atoms with Crippen LogP contribution >= 0.6 is 0 Å². The minimum absolute atomic E-state index is 0.353. The molecule has 4 aromatic rings. The summed E-state index contributed by atoms with van der Waals surface area (Å²) >= 11 is 0. The van der Waals surface area contributed by atoms with Gasteiger partial charge in [0.25, 0.3) is 5.91 Å². The highest BCUT2D eigenvalue weighted by Crippen LogP contribution is 2.28. The lowest BCUT2D eigenvalue weighted by atomic mass is 10.1. The SMILES string of the molecule is COc1cc(/C=N/NC(=O)C(C)Oc2ccc(-c3ccccc3)cc2)ccc1OCc1ccc(C)cc1. The van der Waals surface area contributed by atoms with Gasteiger partial charge in [-0.25, -0.2) is 5.43 Å². The van der Waals surface area contributed by atoms with E-state index in [0.717, 1.165) is 22.3 Å². The smallest absolute Gasteiger partial charge is 0.280 e. The lowest BCUT2D eigenvalue weighted by Gasteiger charge is -2.13. The summed E-state index contributed by atoms with van der Waals surface area (Å²) in [7, 11) is 1.59. The molecule has 0 bridgehead atoms. The number of nitrogens with zero attached hydrogens (tertiary/aromatic N) is 1. The Morgan fingerprint density at radius 3 is 2.30 bits per heavy atom. The number of amides is 1. The maximum Gasteiger partial charge on any atom is 0.280 e. The first-order chi connectivity index (χ1) is 18.0. The zero-order valence-electron chi connectivity index (χ0n) is 21.2. The molecule has 1 N–H and O–H groups in total. The molecule has 0 aliphatic heterocycles. The number of nitrogens with one attached hydrogen (secondary N) is 1. The lowest BCUT2D eigenvalue weighted by Crippen LogP contribution is -2.33. The molecular formula is C31H30N2O4. The highest BCUT2D eigenvalue weighted by atomic mass is 16.5. The van der Waals surface area contributed by atoms with Crippen molar-refractivity contribution >= 4 is 12.1 Å². The van der Waals surface area contributed by atoms with Crippen LogP contribution in [0.5, 0.6) is 17.2 Å². The summed E-state index contributed by atoms with van der Waals surface area (Å²) in [5, 5.41) is 4.06. The van der Waals surface area contributed by atoms with Gasteiger partial charge in [-0.2, -0.15) is 5.10 Å². The third-order valence-corrected chi connectivity index (χ3v) is 5.73. The van der Waals surface area contributed by atoms with Crippen molar-refractivity contribution < 1.29 is 19.0 Å². The first-order valence-electron chi connectivity index (χ1n) is 12.0. The van der Waals surface area contributed by atoms with Gasteiger partial charge in [0.05, 0.1) is 13.3 Å². The molecule has 0 radical (unpaired) electrons. The molecular weight excluding hydrogens is 464 g/mol. The Labute approximate surface area is 217 Å². The van der Waals surface area contributed by atoms with Crippen LogP contribution in [0, 0.1) is 6.92 Å². The summed E-state index contributed by atoms with van der Waals surface area (Å²) in [4.78, 5) is 12.4. The van der Waals surface area contributed by atoms with E-state index in [1.165, 1.54) is 5.56 Å². The number of hydrogen-bond donors (Lipinski definition) is 1. The van der Waals surface area contributed by atoms with E-state index < -0.39 is 6.10 Å². The van der Waals surface area contributed by atoms with Crippen molar-refractivity contribution in [2.75, 3.05) is 7.11 Å². The van der Waals surface area contributed by atoms with Gasteiger partial charge in [-0.05, 0) is 66.4 Å². The highest BCUT2D eigenvalue weighted by Gasteiger charge is 2.14. The van der Waals surface area contributed by atoms with E-state index >= 15 is 0 Å². The van der Waals surface area contributed by atoms with Crippen molar-refractivity contribution in [2.45, 2.75) is 26.6 Å². The molecule has 188 valence electrons. The van der Waals surface area contributed by atoms with Crippen molar-refractivity contribution in [1.29, 1.82) is 0 Å². The highest BCUT2D eigenvalue weighted by molar-refractivity contribution is 5.85. The third-order valence-electron chi connectivity index (χ3n) is 5.73. The van der Waals surface area contributed by atoms with Crippen molar-refractivity contribution in [1.82, 2.24) is 5.43 Å². The number of rotatable bonds is 10. The Balaban J connectivity index is 1.29. The molecule has 0 saturated heterocycles. The predicted molar refractivity (Wildman–Crippen MR) is 146 cm³/mol. The van der Waals surface area contributed by atoms with Crippen LogP contribution in [0.25, 0.3) is 11.1 Å². The van der Waals surface area contributed by atoms with Crippen LogP contribution in [0.15, 0.2) is 102 Å². The number of aryl methyl sites for hydroxylation is 1. The molecule has 0 fully saturated rings. The molecule has 0 aromatic heterocycles. The second kappa shape index (κ2) is 12.4. The topological polar surface area (TPSA) is 69.2 Å². The average molecular weight is 495 g/mol. The van der Waals surface area contributed by atoms with E-state index in [0.29, 0.717) is 23.9 Å². The molecule has 0 spiro atoms. The molecule has 0 aliphatic rings. The van der Waals surface area contributed by atoms with E-state index in [-0.39, 0.29) is 5.91 Å². The summed E-state index contributed by atoms with van der Waals surface area (Å²) in [6, 6.07) is 31.4. The van der Waals surface area contributed by atoms with E-state index in [9.17, 15) is 4.79 Å². The standard InChI is InChI=1S/C31H30N2O4/c1-22-9-11-24(12-10-22)21-36-29-18-13-25(19-30(29)35-3)20-32-33-31(34)23(2)37-28-16-14-27(15-17-28)26-7-5-4-6-8-26/h4-20,23H,21H2,1-3H3,(H,33,34)/b32-20+. The molecule has 6 nitrogen and oxygen atoms in total. The minimum Gasteiger partial charge on any atom is -0.493 e. The summed E-state index contributed by atoms with van der Waals surface area (Å²) in [6.07, 6.45) is 0.831. The van der Waals surface area contributed by atoms with Gasteiger partial charge in [-0.15, -0.1) is 0 Å². The number of hydrogen-bond acceptors (Lipinski definition) is 5. The maximum absolute atomic E-state index is 12.4. The van der Waals surface area contributed by atoms with Crippen LogP contribution in [0.1, 0.15) is 23.6 Å². The normalized spacial score (nSPS) is 11.6. The van der Waals surface area contributed by atoms with Gasteiger partial charge in [0.15, 0.2) is 17.6 Å². The number of benzene rings is 4. The van der Waals surface area contributed by atoms with E-state index in [2.05, 4.69) is 29.6 Å². The predicted octanol–water partition coefficient (Wildman–Crippen LogP) is 6.17. The molecule has 1 amide bonds. The fourth-order valence-electron chi connectivity index (χ4n) is 3.60. The molecule has 1 atom stereocenters. The number of carbonyl (C=O) groups excluding carboxylic acids is 1. The van der Waals surface area contributed by atoms with Crippen LogP contribution in [0.4, 0.5) is 0 Å². The van der Waals surface area contributed by atoms with E-state index in [1.54, 1.807) is 26.3 Å². The Morgan fingerprint density at radius 1 is 0.892 bits per heavy atom. The average Bonchev–Trinajstić information content (AvgIpc) is 2.94. The van der Waals surface area contributed by atoms with Gasteiger partial charge in [-0.1, -0.05) is 72.3 Å². The molecule has 0 heterocycles. The Kier molecular flexibility index (Phi) is 8.55. The van der Waals surface area contributed by atoms with Crippen molar-refractivity contribution in [3.8, 4) is 28.4 Å². The molecule has 0 aliphatic carbocycles. The number of hydrazone groups is 1. The Bertz CT molecular complexity index is 1330. The summed E-state index contributed by atoms with van der Waals surface area (Å²) in [6.45, 7) is 4.17. The first kappa shape index (κ1) is 25.5. The van der Waals surface area contributed by atoms with Gasteiger partial charge < -0.3 is 14.2 Å². The number of methoxy groups -OCH3 is 1. The van der Waals surface area contributed by atoms with Gasteiger partial charge >= 0.3 is 0 Å². The van der Waals surface area contributed by atoms with Gasteiger partial charge in [0.2, 0.25) is 0 Å². The number of ether oxygens (including phenoxy) is 3. The van der Waals surface area contributed by atoms with Crippen LogP contribution < -0.4 is 19.6 Å². The quantitative estimate of drug-likeness (QED) is 0.212. The largest absolute Gasteiger partial charge is 0.493 e. The fraction of sp³-hybridized carbons (Fsp3) is 0.161. The summed E-state index contributed by atoms with van der Waals surface area (Å²) in [5.74, 6) is 1.47. The number of carbonyl (C=O) groups is 1. The van der Waals surface area contributed by atoms with Crippen LogP contribution in [0.3, 0.4) is 0 Å². The van der Waals surface area contributed by atoms with Gasteiger partial charge in [0.1, 0.15) is 12.4 Å². The summed E-state index contributed by atoms with van der Waals surface area (Å²) in [5.41, 5.74) is 7.76. The molecule has 4 aromatic carbocycles. The molecule has 4 rings (SSSR count). The Morgan fingerprint density at radius 2 is 1.59 bits per heavy atom. The molecule has 37 heavy (non-hydrogen) atoms. The van der Waals surface area contributed by atoms with Gasteiger partial charge in [0, 0.05) is 0 Å². The second-order valence-corrected chi connectivity index (χ2v) is 8.57. The fourth-order valence-corrected chi connectivity index (χ4v) is 3.60. The van der Waals surface area contributed by atoms with E-state index in [4.69, 9.17) is 14.2 Å².